The first-order valence-corrected chi connectivity index (χ1v) is 11.8. The van der Waals surface area contributed by atoms with Gasteiger partial charge in [0.15, 0.2) is 16.6 Å². The smallest absolute Gasteiger partial charge is 0.260 e. The van der Waals surface area contributed by atoms with Crippen LogP contribution in [0, 0.1) is 0 Å². The van der Waals surface area contributed by atoms with Crippen LogP contribution >= 0.6 is 11.3 Å². The van der Waals surface area contributed by atoms with E-state index in [4.69, 9.17) is 19.2 Å². The lowest BCUT2D eigenvalue weighted by atomic mass is 10.2. The Hall–Kier alpha value is -2.84. The Bertz CT molecular complexity index is 1040. The molecule has 1 amide bonds. The van der Waals surface area contributed by atoms with Crippen LogP contribution in [0.3, 0.4) is 0 Å². The highest BCUT2D eigenvalue weighted by Gasteiger charge is 2.23. The van der Waals surface area contributed by atoms with Crippen molar-refractivity contribution in [2.24, 2.45) is 0 Å². The SMILES string of the molecule is CCCCOc1cccc(C(=O)N(CCN(C)C)c2nc3cc4c(cc3s2)OCCO4)c1. The molecule has 1 aliphatic heterocycles. The van der Waals surface area contributed by atoms with E-state index in [1.807, 2.05) is 50.5 Å². The third-order valence-corrected chi connectivity index (χ3v) is 6.18. The molecule has 0 bridgehead atoms. The first-order valence-electron chi connectivity index (χ1n) is 10.9. The molecule has 3 aromatic rings. The second-order valence-electron chi connectivity index (χ2n) is 7.95. The average molecular weight is 456 g/mol. The van der Waals surface area contributed by atoms with E-state index in [0.29, 0.717) is 48.6 Å². The van der Waals surface area contributed by atoms with Crippen molar-refractivity contribution in [1.82, 2.24) is 9.88 Å². The summed E-state index contributed by atoms with van der Waals surface area (Å²) in [6, 6.07) is 11.2. The van der Waals surface area contributed by atoms with Crippen LogP contribution in [-0.2, 0) is 0 Å². The summed E-state index contributed by atoms with van der Waals surface area (Å²) in [5, 5.41) is 0.659. The molecular formula is C24H29N3O4S. The number of carbonyl (C=O) groups is 1. The molecule has 0 N–H and O–H groups in total. The summed E-state index contributed by atoms with van der Waals surface area (Å²) in [6.07, 6.45) is 2.05. The van der Waals surface area contributed by atoms with Gasteiger partial charge < -0.3 is 19.1 Å². The standard InChI is InChI=1S/C24H29N3O4S/c1-4-5-11-29-18-8-6-7-17(14-18)23(28)27(10-9-26(2)3)24-25-19-15-20-21(16-22(19)32-24)31-13-12-30-20/h6-8,14-16H,4-5,9-13H2,1-3H3. The molecule has 0 saturated carbocycles. The highest BCUT2D eigenvalue weighted by Crippen LogP contribution is 2.39. The van der Waals surface area contributed by atoms with Crippen LogP contribution < -0.4 is 19.1 Å². The minimum atomic E-state index is -0.0934. The molecule has 0 atom stereocenters. The lowest BCUT2D eigenvalue weighted by molar-refractivity contribution is 0.0984. The van der Waals surface area contributed by atoms with Crippen molar-refractivity contribution in [2.45, 2.75) is 19.8 Å². The minimum absolute atomic E-state index is 0.0934. The van der Waals surface area contributed by atoms with Crippen LogP contribution in [0.25, 0.3) is 10.2 Å². The number of nitrogens with zero attached hydrogens (tertiary/aromatic N) is 3. The number of ether oxygens (including phenoxy) is 3. The molecule has 2 aromatic carbocycles. The summed E-state index contributed by atoms with van der Waals surface area (Å²) < 4.78 is 18.2. The summed E-state index contributed by atoms with van der Waals surface area (Å²) in [5.74, 6) is 2.04. The molecule has 8 heteroatoms. The number of aromatic nitrogens is 1. The van der Waals surface area contributed by atoms with E-state index in [9.17, 15) is 4.79 Å². The Labute approximate surface area is 192 Å². The van der Waals surface area contributed by atoms with Gasteiger partial charge in [0.25, 0.3) is 5.91 Å². The number of hydrogen-bond donors (Lipinski definition) is 0. The number of amides is 1. The summed E-state index contributed by atoms with van der Waals surface area (Å²) in [5.41, 5.74) is 1.39. The van der Waals surface area contributed by atoms with Crippen molar-refractivity contribution in [3.05, 3.63) is 42.0 Å². The fourth-order valence-electron chi connectivity index (χ4n) is 3.36. The van der Waals surface area contributed by atoms with E-state index in [0.717, 1.165) is 35.4 Å². The summed E-state index contributed by atoms with van der Waals surface area (Å²) in [4.78, 5) is 22.1. The number of hydrogen-bond acceptors (Lipinski definition) is 7. The zero-order valence-corrected chi connectivity index (χ0v) is 19.6. The van der Waals surface area contributed by atoms with Gasteiger partial charge >= 0.3 is 0 Å². The molecule has 4 rings (SSSR count). The van der Waals surface area contributed by atoms with Crippen LogP contribution in [-0.4, -0.2) is 62.8 Å². The van der Waals surface area contributed by atoms with Crippen LogP contribution in [0.1, 0.15) is 30.1 Å². The van der Waals surface area contributed by atoms with Crippen molar-refractivity contribution in [3.63, 3.8) is 0 Å². The van der Waals surface area contributed by atoms with Gasteiger partial charge in [-0.25, -0.2) is 4.98 Å². The first-order chi connectivity index (χ1) is 15.5. The lowest BCUT2D eigenvalue weighted by Crippen LogP contribution is -2.36. The summed E-state index contributed by atoms with van der Waals surface area (Å²) in [6.45, 7) is 5.08. The zero-order valence-electron chi connectivity index (χ0n) is 18.8. The Balaban J connectivity index is 1.63. The van der Waals surface area contributed by atoms with Gasteiger partial charge in [-0.15, -0.1) is 0 Å². The van der Waals surface area contributed by atoms with E-state index >= 15 is 0 Å². The number of fused-ring (bicyclic) bond motifs is 2. The molecule has 2 heterocycles. The largest absolute Gasteiger partial charge is 0.494 e. The van der Waals surface area contributed by atoms with E-state index in [1.165, 1.54) is 11.3 Å². The van der Waals surface area contributed by atoms with Gasteiger partial charge in [-0.05, 0) is 38.7 Å². The number of benzene rings is 2. The molecule has 7 nitrogen and oxygen atoms in total. The van der Waals surface area contributed by atoms with Gasteiger partial charge in [-0.2, -0.15) is 0 Å². The molecule has 1 aliphatic rings. The van der Waals surface area contributed by atoms with Gasteiger partial charge in [-0.1, -0.05) is 30.7 Å². The monoisotopic (exact) mass is 455 g/mol. The fourth-order valence-corrected chi connectivity index (χ4v) is 4.36. The molecule has 0 radical (unpaired) electrons. The molecule has 1 aromatic heterocycles. The third-order valence-electron chi connectivity index (χ3n) is 5.14. The van der Waals surface area contributed by atoms with E-state index in [-0.39, 0.29) is 5.91 Å². The van der Waals surface area contributed by atoms with Crippen LogP contribution in [0.2, 0.25) is 0 Å². The van der Waals surface area contributed by atoms with Gasteiger partial charge in [0.1, 0.15) is 19.0 Å². The maximum atomic E-state index is 13.5. The maximum absolute atomic E-state index is 13.5. The molecule has 0 saturated heterocycles. The Morgan fingerprint density at radius 3 is 2.66 bits per heavy atom. The van der Waals surface area contributed by atoms with Crippen molar-refractivity contribution < 1.29 is 19.0 Å². The predicted octanol–water partition coefficient (Wildman–Crippen LogP) is 4.45. The molecular weight excluding hydrogens is 426 g/mol. The highest BCUT2D eigenvalue weighted by molar-refractivity contribution is 7.22. The highest BCUT2D eigenvalue weighted by atomic mass is 32.1. The predicted molar refractivity (Wildman–Crippen MR) is 128 cm³/mol. The number of unbranched alkanes of at least 4 members (excludes halogenated alkanes) is 1. The Kier molecular flexibility index (Phi) is 7.12. The number of carbonyl (C=O) groups excluding carboxylic acids is 1. The van der Waals surface area contributed by atoms with Crippen molar-refractivity contribution >= 4 is 32.6 Å². The minimum Gasteiger partial charge on any atom is -0.494 e. The van der Waals surface area contributed by atoms with Crippen molar-refractivity contribution in [3.8, 4) is 17.2 Å². The van der Waals surface area contributed by atoms with Crippen molar-refractivity contribution in [1.29, 1.82) is 0 Å². The van der Waals surface area contributed by atoms with Crippen LogP contribution in [0.4, 0.5) is 5.13 Å². The average Bonchev–Trinajstić information content (AvgIpc) is 3.20. The first kappa shape index (κ1) is 22.4. The molecule has 0 aliphatic carbocycles. The molecule has 32 heavy (non-hydrogen) atoms. The number of thiazole rings is 1. The lowest BCUT2D eigenvalue weighted by Gasteiger charge is -2.22. The van der Waals surface area contributed by atoms with Gasteiger partial charge in [0, 0.05) is 30.8 Å². The van der Waals surface area contributed by atoms with E-state index in [1.54, 1.807) is 4.90 Å². The third kappa shape index (κ3) is 5.14. The maximum Gasteiger partial charge on any atom is 0.260 e. The second kappa shape index (κ2) is 10.2. The fraction of sp³-hybridized carbons (Fsp3) is 0.417. The van der Waals surface area contributed by atoms with Crippen LogP contribution in [0.5, 0.6) is 17.2 Å². The molecule has 0 unspecified atom stereocenters. The Morgan fingerprint density at radius 1 is 1.12 bits per heavy atom. The summed E-state index contributed by atoms with van der Waals surface area (Å²) >= 11 is 1.48. The number of rotatable bonds is 9. The van der Waals surface area contributed by atoms with Gasteiger partial charge in [-0.3, -0.25) is 9.69 Å². The van der Waals surface area contributed by atoms with Crippen molar-refractivity contribution in [2.75, 3.05) is 51.9 Å². The Morgan fingerprint density at radius 2 is 1.91 bits per heavy atom. The number of anilines is 1. The quantitative estimate of drug-likeness (QED) is 0.444. The summed E-state index contributed by atoms with van der Waals surface area (Å²) in [7, 11) is 3.98. The van der Waals surface area contributed by atoms with Crippen LogP contribution in [0.15, 0.2) is 36.4 Å². The molecule has 0 spiro atoms. The zero-order chi connectivity index (χ0) is 22.5. The van der Waals surface area contributed by atoms with E-state index in [2.05, 4.69) is 11.8 Å². The topological polar surface area (TPSA) is 64.1 Å². The molecule has 170 valence electrons. The number of likely N-dealkylation sites (N-methyl/N-ethyl adjacent to an activating group) is 1. The normalized spacial score (nSPS) is 12.9. The van der Waals surface area contributed by atoms with Gasteiger partial charge in [0.2, 0.25) is 0 Å². The van der Waals surface area contributed by atoms with Gasteiger partial charge in [0.05, 0.1) is 16.8 Å². The molecule has 0 fully saturated rings. The van der Waals surface area contributed by atoms with E-state index < -0.39 is 0 Å². The second-order valence-corrected chi connectivity index (χ2v) is 8.96.